The van der Waals surface area contributed by atoms with Gasteiger partial charge in [0.15, 0.2) is 11.6 Å². The lowest BCUT2D eigenvalue weighted by molar-refractivity contribution is -0.142. The van der Waals surface area contributed by atoms with Gasteiger partial charge in [-0.3, -0.25) is 9.59 Å². The van der Waals surface area contributed by atoms with E-state index in [2.05, 4.69) is 0 Å². The van der Waals surface area contributed by atoms with Crippen LogP contribution in [0.4, 0.5) is 5.69 Å². The molecule has 1 spiro atoms. The molecule has 5 nitrogen and oxygen atoms in total. The average molecular weight is 450 g/mol. The molecule has 3 aromatic carbocycles. The summed E-state index contributed by atoms with van der Waals surface area (Å²) in [7, 11) is 1.35. The first-order chi connectivity index (χ1) is 16.5. The molecule has 0 amide bonds. The van der Waals surface area contributed by atoms with Gasteiger partial charge in [-0.25, -0.2) is 4.79 Å². The van der Waals surface area contributed by atoms with Crippen molar-refractivity contribution in [1.29, 1.82) is 0 Å². The third-order valence-electron chi connectivity index (χ3n) is 7.59. The van der Waals surface area contributed by atoms with Crippen molar-refractivity contribution in [1.82, 2.24) is 0 Å². The number of aryl methyl sites for hydroxylation is 1. The lowest BCUT2D eigenvalue weighted by Crippen LogP contribution is -2.48. The molecule has 1 saturated heterocycles. The van der Waals surface area contributed by atoms with Gasteiger partial charge >= 0.3 is 5.97 Å². The minimum atomic E-state index is -1.47. The lowest BCUT2D eigenvalue weighted by atomic mass is 9.64. The average Bonchev–Trinajstić information content (AvgIpc) is 3.31. The van der Waals surface area contributed by atoms with Gasteiger partial charge in [0.25, 0.3) is 0 Å². The Bertz CT molecular complexity index is 1350. The molecule has 3 atom stereocenters. The first kappa shape index (κ1) is 20.6. The van der Waals surface area contributed by atoms with E-state index in [9.17, 15) is 14.4 Å². The Balaban J connectivity index is 1.69. The number of ketones is 2. The van der Waals surface area contributed by atoms with E-state index in [-0.39, 0.29) is 11.6 Å². The zero-order chi connectivity index (χ0) is 23.6. The number of fused-ring (bicyclic) bond motifs is 5. The Kier molecular flexibility index (Phi) is 4.40. The second-order valence-electron chi connectivity index (χ2n) is 9.20. The van der Waals surface area contributed by atoms with Gasteiger partial charge in [0, 0.05) is 22.7 Å². The van der Waals surface area contributed by atoms with E-state index >= 15 is 0 Å². The monoisotopic (exact) mass is 449 g/mol. The molecule has 1 fully saturated rings. The van der Waals surface area contributed by atoms with Crippen LogP contribution in [0.5, 0.6) is 0 Å². The number of nitrogens with zero attached hydrogens (tertiary/aromatic N) is 1. The van der Waals surface area contributed by atoms with Crippen LogP contribution in [0.25, 0.3) is 6.08 Å². The maximum Gasteiger partial charge on any atom is 0.329 e. The molecule has 1 aliphatic carbocycles. The summed E-state index contributed by atoms with van der Waals surface area (Å²) in [6, 6.07) is 21.0. The van der Waals surface area contributed by atoms with Crippen LogP contribution in [0, 0.1) is 12.3 Å². The summed E-state index contributed by atoms with van der Waals surface area (Å²) in [6.45, 7) is 1.98. The minimum Gasteiger partial charge on any atom is -0.467 e. The van der Waals surface area contributed by atoms with E-state index in [1.54, 1.807) is 24.3 Å². The van der Waals surface area contributed by atoms with E-state index in [1.165, 1.54) is 7.11 Å². The normalized spacial score (nSPS) is 23.6. The smallest absolute Gasteiger partial charge is 0.329 e. The number of hydrogen-bond donors (Lipinski definition) is 0. The van der Waals surface area contributed by atoms with Crippen molar-refractivity contribution < 1.29 is 19.1 Å². The van der Waals surface area contributed by atoms with Gasteiger partial charge < -0.3 is 9.64 Å². The SMILES string of the molecule is COC(=O)[C@@H]1[C@@H](c2ccc(C)cc2)C2(C(=O)c3ccccc3C2=O)[C@H]2C=Cc3ccccc3N12. The summed E-state index contributed by atoms with van der Waals surface area (Å²) < 4.78 is 5.30. The van der Waals surface area contributed by atoms with E-state index < -0.39 is 29.4 Å². The van der Waals surface area contributed by atoms with Crippen molar-refractivity contribution in [2.75, 3.05) is 12.0 Å². The molecule has 168 valence electrons. The predicted molar refractivity (Wildman–Crippen MR) is 129 cm³/mol. The number of esters is 1. The maximum absolute atomic E-state index is 14.3. The summed E-state index contributed by atoms with van der Waals surface area (Å²) >= 11 is 0. The van der Waals surface area contributed by atoms with Crippen molar-refractivity contribution in [3.05, 3.63) is 107 Å². The number of hydrogen-bond acceptors (Lipinski definition) is 5. The molecule has 0 N–H and O–H groups in total. The number of anilines is 1. The molecule has 6 rings (SSSR count). The van der Waals surface area contributed by atoms with Gasteiger partial charge in [0.1, 0.15) is 11.5 Å². The fraction of sp³-hybridized carbons (Fsp3) is 0.207. The summed E-state index contributed by atoms with van der Waals surface area (Å²) in [5.74, 6) is -1.64. The van der Waals surface area contributed by atoms with Crippen molar-refractivity contribution in [3.8, 4) is 0 Å². The largest absolute Gasteiger partial charge is 0.467 e. The van der Waals surface area contributed by atoms with Gasteiger partial charge in [0.2, 0.25) is 0 Å². The van der Waals surface area contributed by atoms with E-state index in [4.69, 9.17) is 4.74 Å². The van der Waals surface area contributed by atoms with Crippen LogP contribution in [0.15, 0.2) is 78.9 Å². The highest BCUT2D eigenvalue weighted by atomic mass is 16.5. The Morgan fingerprint density at radius 1 is 0.882 bits per heavy atom. The zero-order valence-electron chi connectivity index (χ0n) is 18.9. The molecule has 0 unspecified atom stereocenters. The number of benzene rings is 3. The van der Waals surface area contributed by atoms with E-state index in [1.807, 2.05) is 72.5 Å². The topological polar surface area (TPSA) is 63.7 Å². The van der Waals surface area contributed by atoms with Crippen LogP contribution in [0.3, 0.4) is 0 Å². The Hall–Kier alpha value is -3.99. The summed E-state index contributed by atoms with van der Waals surface area (Å²) in [5.41, 5.74) is 2.95. The first-order valence-electron chi connectivity index (χ1n) is 11.4. The molecule has 5 heteroatoms. The van der Waals surface area contributed by atoms with Crippen molar-refractivity contribution in [2.45, 2.75) is 24.9 Å². The van der Waals surface area contributed by atoms with Crippen molar-refractivity contribution in [3.63, 3.8) is 0 Å². The number of carbonyl (C=O) groups is 3. The second kappa shape index (κ2) is 7.26. The molecule has 0 radical (unpaired) electrons. The molecule has 2 heterocycles. The first-order valence-corrected chi connectivity index (χ1v) is 11.4. The Labute approximate surface area is 197 Å². The Morgan fingerprint density at radius 2 is 1.50 bits per heavy atom. The molecular weight excluding hydrogens is 426 g/mol. The fourth-order valence-electron chi connectivity index (χ4n) is 6.16. The van der Waals surface area contributed by atoms with Crippen molar-refractivity contribution >= 4 is 29.3 Å². The number of carbonyl (C=O) groups excluding carboxylic acids is 3. The van der Waals surface area contributed by atoms with E-state index in [0.717, 1.165) is 22.4 Å². The zero-order valence-corrected chi connectivity index (χ0v) is 18.9. The molecule has 3 aliphatic rings. The van der Waals surface area contributed by atoms with E-state index in [0.29, 0.717) is 11.1 Å². The molecule has 3 aromatic rings. The summed E-state index contributed by atoms with van der Waals surface area (Å²) in [4.78, 5) is 43.9. The van der Waals surface area contributed by atoms with Crippen LogP contribution >= 0.6 is 0 Å². The molecule has 0 aromatic heterocycles. The highest BCUT2D eigenvalue weighted by molar-refractivity contribution is 6.32. The van der Waals surface area contributed by atoms with Gasteiger partial charge in [0.05, 0.1) is 13.2 Å². The van der Waals surface area contributed by atoms with Crippen LogP contribution < -0.4 is 4.90 Å². The Morgan fingerprint density at radius 3 is 2.15 bits per heavy atom. The molecule has 34 heavy (non-hydrogen) atoms. The van der Waals surface area contributed by atoms with Crippen LogP contribution in [-0.2, 0) is 9.53 Å². The third kappa shape index (κ3) is 2.47. The summed E-state index contributed by atoms with van der Waals surface area (Å²) in [6.07, 6.45) is 3.86. The number of ether oxygens (including phenoxy) is 1. The second-order valence-corrected chi connectivity index (χ2v) is 9.20. The number of methoxy groups -OCH3 is 1. The summed E-state index contributed by atoms with van der Waals surface area (Å²) in [5, 5.41) is 0. The third-order valence-corrected chi connectivity index (χ3v) is 7.59. The molecule has 2 aliphatic heterocycles. The maximum atomic E-state index is 14.3. The molecule has 0 saturated carbocycles. The van der Waals surface area contributed by atoms with Gasteiger partial charge in [-0.15, -0.1) is 0 Å². The fourth-order valence-corrected chi connectivity index (χ4v) is 6.16. The number of rotatable bonds is 2. The molecular formula is C29H23NO4. The highest BCUT2D eigenvalue weighted by Gasteiger charge is 2.71. The van der Waals surface area contributed by atoms with Crippen LogP contribution in [0.2, 0.25) is 0 Å². The highest BCUT2D eigenvalue weighted by Crippen LogP contribution is 2.60. The number of para-hydroxylation sites is 1. The lowest BCUT2D eigenvalue weighted by Gasteiger charge is -2.36. The van der Waals surface area contributed by atoms with Gasteiger partial charge in [-0.05, 0) is 24.1 Å². The van der Waals surface area contributed by atoms with Gasteiger partial charge in [-0.1, -0.05) is 84.4 Å². The minimum absolute atomic E-state index is 0.232. The van der Waals surface area contributed by atoms with Crippen LogP contribution in [0.1, 0.15) is 43.3 Å². The quantitative estimate of drug-likeness (QED) is 0.423. The standard InChI is InChI=1S/C29H23NO4/c1-17-11-13-19(14-12-17)24-25(28(33)34-2)30-22-10-6-3-7-18(22)15-16-23(30)29(24)26(31)20-8-4-5-9-21(20)27(29)32/h3-16,23-25H,1-2H3/t23-,24-,25+/m1/s1. The molecule has 0 bridgehead atoms. The van der Waals surface area contributed by atoms with Gasteiger partial charge in [-0.2, -0.15) is 0 Å². The van der Waals surface area contributed by atoms with Crippen LogP contribution in [-0.4, -0.2) is 36.7 Å². The predicted octanol–water partition coefficient (Wildman–Crippen LogP) is 4.60. The van der Waals surface area contributed by atoms with Crippen molar-refractivity contribution in [2.24, 2.45) is 5.41 Å². The number of Topliss-reactive ketones (excluding diaryl/α,β-unsaturated/α-hetero) is 2.